The third-order valence-electron chi connectivity index (χ3n) is 4.34. The van der Waals surface area contributed by atoms with Crippen molar-refractivity contribution in [2.24, 2.45) is 11.3 Å². The van der Waals surface area contributed by atoms with Gasteiger partial charge in [0, 0.05) is 49.9 Å². The molecule has 1 N–H and O–H groups in total. The van der Waals surface area contributed by atoms with Gasteiger partial charge in [0.15, 0.2) is 0 Å². The molecular weight excluding hydrogens is 314 g/mol. The molecule has 0 aromatic heterocycles. The number of carbonyl (C=O) groups is 2. The zero-order valence-electron chi connectivity index (χ0n) is 16.1. The molecule has 1 fully saturated rings. The quantitative estimate of drug-likeness (QED) is 0.910. The summed E-state index contributed by atoms with van der Waals surface area (Å²) in [6.45, 7) is 13.3. The van der Waals surface area contributed by atoms with Gasteiger partial charge in [-0.2, -0.15) is 0 Å². The number of amides is 2. The average Bonchev–Trinajstić information content (AvgIpc) is 2.54. The highest BCUT2D eigenvalue weighted by Gasteiger charge is 2.24. The second-order valence-corrected chi connectivity index (χ2v) is 8.30. The lowest BCUT2D eigenvalue weighted by molar-refractivity contribution is -0.133. The zero-order chi connectivity index (χ0) is 18.6. The maximum absolute atomic E-state index is 12.3. The lowest BCUT2D eigenvalue weighted by Gasteiger charge is -2.37. The summed E-state index contributed by atoms with van der Waals surface area (Å²) in [5.41, 5.74) is 1.98. The minimum absolute atomic E-state index is 0.0266. The van der Waals surface area contributed by atoms with Gasteiger partial charge in [-0.15, -0.1) is 0 Å². The van der Waals surface area contributed by atoms with Crippen molar-refractivity contribution in [3.05, 3.63) is 24.3 Å². The molecule has 5 nitrogen and oxygen atoms in total. The second kappa shape index (κ2) is 7.89. The van der Waals surface area contributed by atoms with Crippen molar-refractivity contribution in [3.8, 4) is 0 Å². The standard InChI is InChI=1S/C20H31N3O2/c1-15(2)19(25)21-16-6-8-17(9-7-16)22-10-12-23(13-11-22)18(24)14-20(3,4)5/h6-9,15H,10-14H2,1-5H3,(H,21,25). The van der Waals surface area contributed by atoms with Gasteiger partial charge in [-0.1, -0.05) is 34.6 Å². The Morgan fingerprint density at radius 2 is 1.60 bits per heavy atom. The molecule has 1 aromatic rings. The van der Waals surface area contributed by atoms with Crippen LogP contribution >= 0.6 is 0 Å². The molecule has 0 radical (unpaired) electrons. The second-order valence-electron chi connectivity index (χ2n) is 8.30. The summed E-state index contributed by atoms with van der Waals surface area (Å²) in [4.78, 5) is 28.3. The minimum atomic E-state index is -0.0293. The van der Waals surface area contributed by atoms with E-state index in [-0.39, 0.29) is 23.1 Å². The van der Waals surface area contributed by atoms with Gasteiger partial charge in [0.2, 0.25) is 11.8 Å². The van der Waals surface area contributed by atoms with Crippen LogP contribution in [0.1, 0.15) is 41.0 Å². The molecule has 0 atom stereocenters. The van der Waals surface area contributed by atoms with Crippen molar-refractivity contribution in [1.82, 2.24) is 4.90 Å². The first-order valence-electron chi connectivity index (χ1n) is 9.09. The summed E-state index contributed by atoms with van der Waals surface area (Å²) in [6.07, 6.45) is 0.594. The molecule has 0 spiro atoms. The Kier molecular flexibility index (Phi) is 6.09. The summed E-state index contributed by atoms with van der Waals surface area (Å²) in [7, 11) is 0. The fourth-order valence-corrected chi connectivity index (χ4v) is 2.82. The van der Waals surface area contributed by atoms with Crippen LogP contribution in [-0.4, -0.2) is 42.9 Å². The van der Waals surface area contributed by atoms with Crippen LogP contribution in [-0.2, 0) is 9.59 Å². The molecule has 2 amide bonds. The summed E-state index contributed by atoms with van der Waals surface area (Å²) in [5.74, 6) is 0.246. The van der Waals surface area contributed by atoms with Crippen molar-refractivity contribution in [2.45, 2.75) is 41.0 Å². The van der Waals surface area contributed by atoms with Crippen LogP contribution < -0.4 is 10.2 Å². The van der Waals surface area contributed by atoms with Crippen LogP contribution in [0.25, 0.3) is 0 Å². The first-order valence-corrected chi connectivity index (χ1v) is 9.09. The number of nitrogens with one attached hydrogen (secondary N) is 1. The maximum Gasteiger partial charge on any atom is 0.226 e. The monoisotopic (exact) mass is 345 g/mol. The van der Waals surface area contributed by atoms with Crippen LogP contribution in [0, 0.1) is 11.3 Å². The van der Waals surface area contributed by atoms with E-state index in [1.165, 1.54) is 0 Å². The van der Waals surface area contributed by atoms with Crippen molar-refractivity contribution < 1.29 is 9.59 Å². The maximum atomic E-state index is 12.3. The predicted molar refractivity (Wildman–Crippen MR) is 103 cm³/mol. The van der Waals surface area contributed by atoms with Crippen LogP contribution in [0.3, 0.4) is 0 Å². The summed E-state index contributed by atoms with van der Waals surface area (Å²) < 4.78 is 0. The highest BCUT2D eigenvalue weighted by atomic mass is 16.2. The number of carbonyl (C=O) groups excluding carboxylic acids is 2. The number of piperazine rings is 1. The van der Waals surface area contributed by atoms with Crippen LogP contribution in [0.2, 0.25) is 0 Å². The Hall–Kier alpha value is -2.04. The molecule has 1 aliphatic heterocycles. The highest BCUT2D eigenvalue weighted by Crippen LogP contribution is 2.23. The molecule has 1 aromatic carbocycles. The summed E-state index contributed by atoms with van der Waals surface area (Å²) in [5, 5.41) is 2.90. The number of hydrogen-bond acceptors (Lipinski definition) is 3. The summed E-state index contributed by atoms with van der Waals surface area (Å²) in [6, 6.07) is 7.94. The van der Waals surface area contributed by atoms with E-state index in [1.807, 2.05) is 43.0 Å². The van der Waals surface area contributed by atoms with E-state index in [9.17, 15) is 9.59 Å². The molecule has 5 heteroatoms. The van der Waals surface area contributed by atoms with Crippen LogP contribution in [0.5, 0.6) is 0 Å². The Morgan fingerprint density at radius 1 is 1.04 bits per heavy atom. The zero-order valence-corrected chi connectivity index (χ0v) is 16.1. The lowest BCUT2D eigenvalue weighted by Crippen LogP contribution is -2.49. The normalized spacial score (nSPS) is 15.4. The number of rotatable bonds is 4. The van der Waals surface area contributed by atoms with E-state index in [0.717, 1.165) is 37.6 Å². The Labute approximate surface area is 151 Å². The van der Waals surface area contributed by atoms with E-state index in [4.69, 9.17) is 0 Å². The Bertz CT molecular complexity index is 594. The van der Waals surface area contributed by atoms with Crippen molar-refractivity contribution in [2.75, 3.05) is 36.4 Å². The SMILES string of the molecule is CC(C)C(=O)Nc1ccc(N2CCN(C(=O)CC(C)(C)C)CC2)cc1. The van der Waals surface area contributed by atoms with Gasteiger partial charge in [0.1, 0.15) is 0 Å². The number of anilines is 2. The van der Waals surface area contributed by atoms with E-state index in [0.29, 0.717) is 6.42 Å². The number of hydrogen-bond donors (Lipinski definition) is 1. The Morgan fingerprint density at radius 3 is 2.08 bits per heavy atom. The molecule has 1 heterocycles. The first-order chi connectivity index (χ1) is 11.7. The van der Waals surface area contributed by atoms with Gasteiger partial charge < -0.3 is 15.1 Å². The molecule has 25 heavy (non-hydrogen) atoms. The largest absolute Gasteiger partial charge is 0.368 e. The van der Waals surface area contributed by atoms with Crippen molar-refractivity contribution in [3.63, 3.8) is 0 Å². The van der Waals surface area contributed by atoms with Crippen LogP contribution in [0.15, 0.2) is 24.3 Å². The molecule has 0 unspecified atom stereocenters. The van der Waals surface area contributed by atoms with Crippen molar-refractivity contribution >= 4 is 23.2 Å². The smallest absolute Gasteiger partial charge is 0.226 e. The molecule has 2 rings (SSSR count). The lowest BCUT2D eigenvalue weighted by atomic mass is 9.91. The average molecular weight is 345 g/mol. The molecule has 0 saturated carbocycles. The van der Waals surface area contributed by atoms with E-state index in [2.05, 4.69) is 31.0 Å². The van der Waals surface area contributed by atoms with E-state index < -0.39 is 0 Å². The predicted octanol–water partition coefficient (Wildman–Crippen LogP) is 3.37. The molecule has 0 aliphatic carbocycles. The number of benzene rings is 1. The van der Waals surface area contributed by atoms with Crippen molar-refractivity contribution in [1.29, 1.82) is 0 Å². The summed E-state index contributed by atoms with van der Waals surface area (Å²) >= 11 is 0. The molecule has 0 bridgehead atoms. The molecule has 1 saturated heterocycles. The highest BCUT2D eigenvalue weighted by molar-refractivity contribution is 5.92. The van der Waals surface area contributed by atoms with Crippen LogP contribution in [0.4, 0.5) is 11.4 Å². The van der Waals surface area contributed by atoms with Gasteiger partial charge in [-0.3, -0.25) is 9.59 Å². The van der Waals surface area contributed by atoms with E-state index in [1.54, 1.807) is 0 Å². The van der Waals surface area contributed by atoms with Gasteiger partial charge in [-0.25, -0.2) is 0 Å². The topological polar surface area (TPSA) is 52.7 Å². The Balaban J connectivity index is 1.88. The molecule has 1 aliphatic rings. The molecule has 138 valence electrons. The molecular formula is C20H31N3O2. The first kappa shape index (κ1) is 19.3. The fourth-order valence-electron chi connectivity index (χ4n) is 2.82. The van der Waals surface area contributed by atoms with Gasteiger partial charge in [0.25, 0.3) is 0 Å². The fraction of sp³-hybridized carbons (Fsp3) is 0.600. The minimum Gasteiger partial charge on any atom is -0.368 e. The van der Waals surface area contributed by atoms with Gasteiger partial charge in [0.05, 0.1) is 0 Å². The van der Waals surface area contributed by atoms with E-state index >= 15 is 0 Å². The number of nitrogens with zero attached hydrogens (tertiary/aromatic N) is 2. The third-order valence-corrected chi connectivity index (χ3v) is 4.34. The third kappa shape index (κ3) is 5.76. The van der Waals surface area contributed by atoms with Gasteiger partial charge in [-0.05, 0) is 29.7 Å². The van der Waals surface area contributed by atoms with Gasteiger partial charge >= 0.3 is 0 Å².